The molecule has 1 aliphatic heterocycles. The van der Waals surface area contributed by atoms with Crippen LogP contribution in [0.1, 0.15) is 40.4 Å². The first-order valence-corrected chi connectivity index (χ1v) is 8.66. The molecule has 0 radical (unpaired) electrons. The van der Waals surface area contributed by atoms with Crippen molar-refractivity contribution in [1.82, 2.24) is 10.2 Å². The fourth-order valence-corrected chi connectivity index (χ4v) is 3.26. The number of benzene rings is 2. The summed E-state index contributed by atoms with van der Waals surface area (Å²) < 4.78 is 37.7. The van der Waals surface area contributed by atoms with Gasteiger partial charge in [-0.15, -0.1) is 0 Å². The third kappa shape index (κ3) is 4.48. The molecule has 1 atom stereocenters. The lowest BCUT2D eigenvalue weighted by atomic mass is 10.0. The molecule has 7 heteroatoms. The molecule has 1 saturated heterocycles. The molecule has 27 heavy (non-hydrogen) atoms. The maximum atomic E-state index is 12.6. The van der Waals surface area contributed by atoms with E-state index in [-0.39, 0.29) is 24.1 Å². The smallest absolute Gasteiger partial charge is 0.343 e. The molecule has 3 rings (SSSR count). The standard InChI is InChI=1S/C20H19F3N2O2/c21-20(22,23)16-10-8-15(9-11-16)19(27)24-13-18(26)25-12-4-7-17(25)14-5-2-1-3-6-14/h1-3,5-6,8-11,17H,4,7,12-13H2,(H,24,27)/t17-/m0/s1. The minimum atomic E-state index is -4.45. The van der Waals surface area contributed by atoms with Crippen molar-refractivity contribution in [3.8, 4) is 0 Å². The average Bonchev–Trinajstić information content (AvgIpc) is 3.16. The van der Waals surface area contributed by atoms with E-state index < -0.39 is 17.6 Å². The Kier molecular flexibility index (Phi) is 5.48. The number of hydrogen-bond acceptors (Lipinski definition) is 2. The molecule has 0 spiro atoms. The Labute approximate surface area is 155 Å². The van der Waals surface area contributed by atoms with Crippen LogP contribution < -0.4 is 5.32 Å². The summed E-state index contributed by atoms with van der Waals surface area (Å²) in [6.07, 6.45) is -2.70. The van der Waals surface area contributed by atoms with E-state index in [9.17, 15) is 22.8 Å². The van der Waals surface area contributed by atoms with Crippen LogP contribution in [0.5, 0.6) is 0 Å². The Morgan fingerprint density at radius 2 is 1.70 bits per heavy atom. The molecule has 1 N–H and O–H groups in total. The number of carbonyl (C=O) groups excluding carboxylic acids is 2. The Bertz CT molecular complexity index is 804. The molecule has 1 aliphatic rings. The van der Waals surface area contributed by atoms with Gasteiger partial charge in [-0.05, 0) is 42.7 Å². The second kappa shape index (κ2) is 7.82. The average molecular weight is 376 g/mol. The summed E-state index contributed by atoms with van der Waals surface area (Å²) in [6.45, 7) is 0.428. The van der Waals surface area contributed by atoms with E-state index in [0.29, 0.717) is 6.54 Å². The Morgan fingerprint density at radius 3 is 2.33 bits per heavy atom. The maximum absolute atomic E-state index is 12.6. The van der Waals surface area contributed by atoms with Crippen molar-refractivity contribution in [2.24, 2.45) is 0 Å². The molecule has 4 nitrogen and oxygen atoms in total. The predicted molar refractivity (Wildman–Crippen MR) is 93.9 cm³/mol. The normalized spacial score (nSPS) is 17.0. The van der Waals surface area contributed by atoms with Gasteiger partial charge in [0, 0.05) is 12.1 Å². The highest BCUT2D eigenvalue weighted by atomic mass is 19.4. The van der Waals surface area contributed by atoms with Crippen molar-refractivity contribution in [3.05, 3.63) is 71.3 Å². The highest BCUT2D eigenvalue weighted by molar-refractivity contribution is 5.96. The third-order valence-corrected chi connectivity index (χ3v) is 4.63. The molecule has 2 aromatic rings. The fraction of sp³-hybridized carbons (Fsp3) is 0.300. The zero-order valence-electron chi connectivity index (χ0n) is 14.5. The molecule has 1 heterocycles. The minimum absolute atomic E-state index is 0.0123. The summed E-state index contributed by atoms with van der Waals surface area (Å²) in [4.78, 5) is 26.4. The van der Waals surface area contributed by atoms with E-state index >= 15 is 0 Å². The molecule has 1 fully saturated rings. The molecule has 0 bridgehead atoms. The van der Waals surface area contributed by atoms with Crippen molar-refractivity contribution in [2.45, 2.75) is 25.1 Å². The van der Waals surface area contributed by atoms with Gasteiger partial charge in [-0.25, -0.2) is 0 Å². The second-order valence-corrected chi connectivity index (χ2v) is 6.41. The number of carbonyl (C=O) groups is 2. The van der Waals surface area contributed by atoms with Crippen molar-refractivity contribution < 1.29 is 22.8 Å². The summed E-state index contributed by atoms with van der Waals surface area (Å²) in [6, 6.07) is 13.6. The fourth-order valence-electron chi connectivity index (χ4n) is 3.26. The van der Waals surface area contributed by atoms with E-state index in [1.165, 1.54) is 0 Å². The summed E-state index contributed by atoms with van der Waals surface area (Å²) in [5.74, 6) is -0.783. The van der Waals surface area contributed by atoms with Crippen LogP contribution in [-0.4, -0.2) is 29.8 Å². The van der Waals surface area contributed by atoms with Gasteiger partial charge in [0.2, 0.25) is 5.91 Å². The molecule has 0 aromatic heterocycles. The number of halogens is 3. The molecule has 0 unspecified atom stereocenters. The van der Waals surface area contributed by atoms with E-state index in [0.717, 1.165) is 42.7 Å². The van der Waals surface area contributed by atoms with Crippen molar-refractivity contribution in [1.29, 1.82) is 0 Å². The number of likely N-dealkylation sites (tertiary alicyclic amines) is 1. The van der Waals surface area contributed by atoms with Crippen LogP contribution in [0.15, 0.2) is 54.6 Å². The lowest BCUT2D eigenvalue weighted by molar-refractivity contribution is -0.137. The van der Waals surface area contributed by atoms with Crippen molar-refractivity contribution in [3.63, 3.8) is 0 Å². The third-order valence-electron chi connectivity index (χ3n) is 4.63. The monoisotopic (exact) mass is 376 g/mol. The van der Waals surface area contributed by atoms with Gasteiger partial charge >= 0.3 is 6.18 Å². The van der Waals surface area contributed by atoms with Gasteiger partial charge in [0.15, 0.2) is 0 Å². The number of amides is 2. The van der Waals surface area contributed by atoms with Gasteiger partial charge in [0.25, 0.3) is 5.91 Å². The largest absolute Gasteiger partial charge is 0.416 e. The van der Waals surface area contributed by atoms with Crippen LogP contribution in [0.2, 0.25) is 0 Å². The zero-order chi connectivity index (χ0) is 19.4. The first-order valence-electron chi connectivity index (χ1n) is 8.66. The first-order chi connectivity index (χ1) is 12.9. The molecule has 0 saturated carbocycles. The van der Waals surface area contributed by atoms with Crippen LogP contribution in [0.3, 0.4) is 0 Å². The lowest BCUT2D eigenvalue weighted by Crippen LogP contribution is -2.39. The Morgan fingerprint density at radius 1 is 1.04 bits per heavy atom. The SMILES string of the molecule is O=C(NCC(=O)N1CCC[C@H]1c1ccccc1)c1ccc(C(F)(F)F)cc1. The summed E-state index contributed by atoms with van der Waals surface area (Å²) in [7, 11) is 0. The predicted octanol–water partition coefficient (Wildman–Crippen LogP) is 3.80. The molecule has 2 aromatic carbocycles. The van der Waals surface area contributed by atoms with E-state index in [4.69, 9.17) is 0 Å². The quantitative estimate of drug-likeness (QED) is 0.883. The molecular formula is C20H19F3N2O2. The Balaban J connectivity index is 1.59. The zero-order valence-corrected chi connectivity index (χ0v) is 14.5. The van der Waals surface area contributed by atoms with Crippen molar-refractivity contribution >= 4 is 11.8 Å². The van der Waals surface area contributed by atoms with Crippen molar-refractivity contribution in [2.75, 3.05) is 13.1 Å². The first kappa shape index (κ1) is 18.9. The molecular weight excluding hydrogens is 357 g/mol. The van der Waals surface area contributed by atoms with Gasteiger partial charge in [-0.1, -0.05) is 30.3 Å². The number of hydrogen-bond donors (Lipinski definition) is 1. The summed E-state index contributed by atoms with van der Waals surface area (Å²) in [5.41, 5.74) is 0.312. The van der Waals surface area contributed by atoms with E-state index in [1.54, 1.807) is 4.90 Å². The topological polar surface area (TPSA) is 49.4 Å². The van der Waals surface area contributed by atoms with Crippen LogP contribution in [0.4, 0.5) is 13.2 Å². The van der Waals surface area contributed by atoms with Gasteiger partial charge in [0.05, 0.1) is 18.2 Å². The van der Waals surface area contributed by atoms with E-state index in [2.05, 4.69) is 5.32 Å². The van der Waals surface area contributed by atoms with Gasteiger partial charge in [0.1, 0.15) is 0 Å². The van der Waals surface area contributed by atoms with Crippen LogP contribution in [0.25, 0.3) is 0 Å². The van der Waals surface area contributed by atoms with Gasteiger partial charge < -0.3 is 10.2 Å². The maximum Gasteiger partial charge on any atom is 0.416 e. The highest BCUT2D eigenvalue weighted by Crippen LogP contribution is 2.31. The summed E-state index contributed by atoms with van der Waals surface area (Å²) >= 11 is 0. The molecule has 0 aliphatic carbocycles. The number of alkyl halides is 3. The van der Waals surface area contributed by atoms with Gasteiger partial charge in [-0.3, -0.25) is 9.59 Å². The number of nitrogens with one attached hydrogen (secondary N) is 1. The summed E-state index contributed by atoms with van der Waals surface area (Å²) in [5, 5.41) is 2.49. The van der Waals surface area contributed by atoms with E-state index in [1.807, 2.05) is 30.3 Å². The molecule has 2 amide bonds. The Hall–Kier alpha value is -2.83. The minimum Gasteiger partial charge on any atom is -0.343 e. The highest BCUT2D eigenvalue weighted by Gasteiger charge is 2.31. The van der Waals surface area contributed by atoms with Crippen LogP contribution in [-0.2, 0) is 11.0 Å². The number of nitrogens with zero attached hydrogens (tertiary/aromatic N) is 1. The van der Waals surface area contributed by atoms with Crippen LogP contribution >= 0.6 is 0 Å². The van der Waals surface area contributed by atoms with Crippen LogP contribution in [0, 0.1) is 0 Å². The molecule has 142 valence electrons. The number of rotatable bonds is 4. The lowest BCUT2D eigenvalue weighted by Gasteiger charge is -2.25. The second-order valence-electron chi connectivity index (χ2n) is 6.41. The van der Waals surface area contributed by atoms with Gasteiger partial charge in [-0.2, -0.15) is 13.2 Å².